The molecule has 1 aromatic carbocycles. The van der Waals surface area contributed by atoms with Crippen molar-refractivity contribution in [1.82, 2.24) is 0 Å². The summed E-state index contributed by atoms with van der Waals surface area (Å²) < 4.78 is 0. The molecule has 1 heterocycles. The van der Waals surface area contributed by atoms with Crippen LogP contribution in [0.15, 0.2) is 29.4 Å². The zero-order valence-electron chi connectivity index (χ0n) is 8.07. The second-order valence-electron chi connectivity index (χ2n) is 3.56. The van der Waals surface area contributed by atoms with E-state index in [1.807, 2.05) is 6.21 Å². The van der Waals surface area contributed by atoms with Crippen molar-refractivity contribution in [2.75, 3.05) is 5.01 Å². The molecular weight excluding hydrogens is 160 g/mol. The standard InChI is InChI=1S/C11H14N2/c1-9-3-5-11(6-4-9)13-10(2)7-8-12-13/h3-6,8,10H,7H2,1-2H3. The highest BCUT2D eigenvalue weighted by molar-refractivity contribution is 5.66. The fraction of sp³-hybridized carbons (Fsp3) is 0.364. The summed E-state index contributed by atoms with van der Waals surface area (Å²) in [6.45, 7) is 4.29. The van der Waals surface area contributed by atoms with Crippen molar-refractivity contribution in [3.05, 3.63) is 29.8 Å². The zero-order chi connectivity index (χ0) is 9.26. The molecular formula is C11H14N2. The van der Waals surface area contributed by atoms with Crippen LogP contribution < -0.4 is 5.01 Å². The van der Waals surface area contributed by atoms with E-state index in [0.29, 0.717) is 6.04 Å². The first-order valence-electron chi connectivity index (χ1n) is 4.66. The van der Waals surface area contributed by atoms with Gasteiger partial charge in [0.25, 0.3) is 0 Å². The Morgan fingerprint density at radius 1 is 1.31 bits per heavy atom. The number of hydrogen-bond donors (Lipinski definition) is 0. The lowest BCUT2D eigenvalue weighted by Crippen LogP contribution is -2.22. The third-order valence-electron chi connectivity index (χ3n) is 2.37. The molecule has 0 radical (unpaired) electrons. The summed E-state index contributed by atoms with van der Waals surface area (Å²) in [5, 5.41) is 6.39. The molecule has 2 nitrogen and oxygen atoms in total. The Balaban J connectivity index is 2.25. The van der Waals surface area contributed by atoms with Gasteiger partial charge in [-0.15, -0.1) is 0 Å². The van der Waals surface area contributed by atoms with Crippen LogP contribution in [-0.4, -0.2) is 12.3 Å². The average molecular weight is 174 g/mol. The van der Waals surface area contributed by atoms with Crippen LogP contribution in [0.4, 0.5) is 5.69 Å². The molecule has 0 amide bonds. The number of nitrogens with zero attached hydrogens (tertiary/aromatic N) is 2. The summed E-state index contributed by atoms with van der Waals surface area (Å²) in [5.74, 6) is 0. The smallest absolute Gasteiger partial charge is 0.0597 e. The van der Waals surface area contributed by atoms with E-state index in [4.69, 9.17) is 0 Å². The monoisotopic (exact) mass is 174 g/mol. The van der Waals surface area contributed by atoms with E-state index in [1.165, 1.54) is 11.3 Å². The van der Waals surface area contributed by atoms with Gasteiger partial charge in [0.1, 0.15) is 0 Å². The van der Waals surface area contributed by atoms with Gasteiger partial charge in [-0.25, -0.2) is 0 Å². The van der Waals surface area contributed by atoms with Gasteiger partial charge in [0, 0.05) is 12.6 Å². The fourth-order valence-corrected chi connectivity index (χ4v) is 1.52. The maximum absolute atomic E-state index is 4.32. The molecule has 2 rings (SSSR count). The Hall–Kier alpha value is -1.31. The average Bonchev–Trinajstić information content (AvgIpc) is 2.53. The maximum Gasteiger partial charge on any atom is 0.0597 e. The van der Waals surface area contributed by atoms with Crippen LogP contribution in [-0.2, 0) is 0 Å². The first-order valence-corrected chi connectivity index (χ1v) is 4.66. The summed E-state index contributed by atoms with van der Waals surface area (Å²) in [7, 11) is 0. The molecule has 1 aliphatic rings. The number of hydrogen-bond acceptors (Lipinski definition) is 2. The van der Waals surface area contributed by atoms with Gasteiger partial charge in [-0.1, -0.05) is 17.7 Å². The minimum atomic E-state index is 0.503. The van der Waals surface area contributed by atoms with Crippen LogP contribution in [0.3, 0.4) is 0 Å². The molecule has 1 aliphatic heterocycles. The highest BCUT2D eigenvalue weighted by Gasteiger charge is 2.16. The largest absolute Gasteiger partial charge is 0.263 e. The van der Waals surface area contributed by atoms with Gasteiger partial charge in [0.05, 0.1) is 11.7 Å². The van der Waals surface area contributed by atoms with Crippen molar-refractivity contribution in [3.8, 4) is 0 Å². The van der Waals surface area contributed by atoms with E-state index < -0.39 is 0 Å². The number of aryl methyl sites for hydroxylation is 1. The van der Waals surface area contributed by atoms with Crippen molar-refractivity contribution >= 4 is 11.9 Å². The van der Waals surface area contributed by atoms with Crippen LogP contribution in [0.2, 0.25) is 0 Å². The first kappa shape index (κ1) is 8.30. The molecule has 0 saturated heterocycles. The predicted molar refractivity (Wildman–Crippen MR) is 56.2 cm³/mol. The molecule has 0 saturated carbocycles. The van der Waals surface area contributed by atoms with Crippen molar-refractivity contribution in [1.29, 1.82) is 0 Å². The van der Waals surface area contributed by atoms with Crippen molar-refractivity contribution in [2.45, 2.75) is 26.3 Å². The van der Waals surface area contributed by atoms with Crippen molar-refractivity contribution < 1.29 is 0 Å². The molecule has 0 aliphatic carbocycles. The van der Waals surface area contributed by atoms with Gasteiger partial charge in [-0.3, -0.25) is 5.01 Å². The summed E-state index contributed by atoms with van der Waals surface area (Å²) in [4.78, 5) is 0. The lowest BCUT2D eigenvalue weighted by atomic mass is 10.2. The molecule has 2 heteroatoms. The Morgan fingerprint density at radius 2 is 2.00 bits per heavy atom. The Labute approximate surface area is 78.9 Å². The van der Waals surface area contributed by atoms with Gasteiger partial charge in [0.15, 0.2) is 0 Å². The van der Waals surface area contributed by atoms with Crippen molar-refractivity contribution in [3.63, 3.8) is 0 Å². The van der Waals surface area contributed by atoms with Crippen LogP contribution in [0.5, 0.6) is 0 Å². The van der Waals surface area contributed by atoms with E-state index in [2.05, 4.69) is 48.2 Å². The quantitative estimate of drug-likeness (QED) is 0.639. The topological polar surface area (TPSA) is 15.6 Å². The Bertz CT molecular complexity index is 313. The molecule has 1 aromatic rings. The fourth-order valence-electron chi connectivity index (χ4n) is 1.52. The normalized spacial score (nSPS) is 21.1. The Kier molecular flexibility index (Phi) is 2.05. The number of anilines is 1. The van der Waals surface area contributed by atoms with Crippen LogP contribution >= 0.6 is 0 Å². The molecule has 13 heavy (non-hydrogen) atoms. The van der Waals surface area contributed by atoms with Crippen molar-refractivity contribution in [2.24, 2.45) is 5.10 Å². The van der Waals surface area contributed by atoms with E-state index >= 15 is 0 Å². The van der Waals surface area contributed by atoms with E-state index in [9.17, 15) is 0 Å². The van der Waals surface area contributed by atoms with E-state index in [1.54, 1.807) is 0 Å². The molecule has 0 bridgehead atoms. The van der Waals surface area contributed by atoms with Gasteiger partial charge in [-0.2, -0.15) is 5.10 Å². The molecule has 0 spiro atoms. The van der Waals surface area contributed by atoms with Gasteiger partial charge < -0.3 is 0 Å². The van der Waals surface area contributed by atoms with E-state index in [-0.39, 0.29) is 0 Å². The van der Waals surface area contributed by atoms with E-state index in [0.717, 1.165) is 6.42 Å². The van der Waals surface area contributed by atoms with Crippen LogP contribution in [0.1, 0.15) is 18.9 Å². The van der Waals surface area contributed by atoms with Gasteiger partial charge in [0.2, 0.25) is 0 Å². The highest BCUT2D eigenvalue weighted by atomic mass is 15.5. The lowest BCUT2D eigenvalue weighted by Gasteiger charge is -2.20. The summed E-state index contributed by atoms with van der Waals surface area (Å²) in [6, 6.07) is 8.98. The second kappa shape index (κ2) is 3.21. The van der Waals surface area contributed by atoms with Gasteiger partial charge >= 0.3 is 0 Å². The minimum absolute atomic E-state index is 0.503. The second-order valence-corrected chi connectivity index (χ2v) is 3.56. The molecule has 0 fully saturated rings. The molecule has 0 N–H and O–H groups in total. The van der Waals surface area contributed by atoms with Crippen LogP contribution in [0.25, 0.3) is 0 Å². The predicted octanol–water partition coefficient (Wildman–Crippen LogP) is 2.58. The third kappa shape index (κ3) is 1.57. The van der Waals surface area contributed by atoms with Crippen LogP contribution in [0, 0.1) is 6.92 Å². The maximum atomic E-state index is 4.32. The zero-order valence-corrected chi connectivity index (χ0v) is 8.07. The number of hydrazone groups is 1. The lowest BCUT2D eigenvalue weighted by molar-refractivity contribution is 0.724. The SMILES string of the molecule is Cc1ccc(N2N=CCC2C)cc1. The minimum Gasteiger partial charge on any atom is -0.263 e. The van der Waals surface area contributed by atoms with Gasteiger partial charge in [-0.05, 0) is 26.0 Å². The molecule has 1 atom stereocenters. The molecule has 0 aromatic heterocycles. The third-order valence-corrected chi connectivity index (χ3v) is 2.37. The summed E-state index contributed by atoms with van der Waals surface area (Å²) >= 11 is 0. The highest BCUT2D eigenvalue weighted by Crippen LogP contribution is 2.21. The number of rotatable bonds is 1. The summed E-state index contributed by atoms with van der Waals surface area (Å²) in [6.07, 6.45) is 3.03. The first-order chi connectivity index (χ1) is 6.27. The summed E-state index contributed by atoms with van der Waals surface area (Å²) in [5.41, 5.74) is 2.48. The molecule has 68 valence electrons. The number of benzene rings is 1. The molecule has 1 unspecified atom stereocenters. The Morgan fingerprint density at radius 3 is 2.54 bits per heavy atom.